The van der Waals surface area contributed by atoms with Crippen LogP contribution in [0.25, 0.3) is 0 Å². The van der Waals surface area contributed by atoms with Crippen molar-refractivity contribution in [3.63, 3.8) is 0 Å². The molecule has 3 heteroatoms. The Bertz CT molecular complexity index is 6.00. The summed E-state index contributed by atoms with van der Waals surface area (Å²) in [5.41, 5.74) is 2.25. The zero-order valence-corrected chi connectivity index (χ0v) is 2.49. The topological polar surface area (TPSA) is 66.5 Å². The third-order valence-electron chi connectivity index (χ3n) is 0. The highest BCUT2D eigenvalue weighted by Crippen LogP contribution is 0.817. The molecule has 2 radical (unpaired) electrons. The summed E-state index contributed by atoms with van der Waals surface area (Å²) in [4.78, 5) is 0. The van der Waals surface area contributed by atoms with Crippen LogP contribution in [0.4, 0.5) is 0 Å². The van der Waals surface area contributed by atoms with Gasteiger partial charge >= 0.3 is 0 Å². The lowest BCUT2D eigenvalue weighted by Crippen LogP contribution is -2.13. The van der Waals surface area contributed by atoms with Crippen molar-refractivity contribution in [2.24, 2.45) is 5.84 Å². The summed E-state index contributed by atoms with van der Waals surface area (Å²) in [7, 11) is 1.65. The van der Waals surface area contributed by atoms with E-state index in [1.165, 1.54) is 0 Å². The Kier molecular flexibility index (Phi) is 29.9. The number of rotatable bonds is 0. The molecule has 0 saturated carbocycles. The molecular weight excluding hydrogens is 56.0 g/mol. The van der Waals surface area contributed by atoms with Crippen molar-refractivity contribution in [2.75, 3.05) is 7.05 Å². The Morgan fingerprint density at radius 2 is 1.75 bits per heavy atom. The molecule has 0 saturated heterocycles. The number of nitrogens with two attached hydrogens (primary N) is 1. The Morgan fingerprint density at radius 1 is 1.75 bits per heavy atom. The van der Waals surface area contributed by atoms with Gasteiger partial charge in [-0.2, -0.15) is 0 Å². The monoisotopic (exact) mass is 62.0 g/mol. The van der Waals surface area contributed by atoms with E-state index in [1.54, 1.807) is 7.05 Å². The fourth-order valence-electron chi connectivity index (χ4n) is 0. The number of hydrogen-bond donors (Lipinski definition) is 2. The lowest BCUT2D eigenvalue weighted by Gasteiger charge is -1.62. The zero-order chi connectivity index (χ0) is 2.71. The third kappa shape index (κ3) is 101. The Morgan fingerprint density at radius 3 is 1.75 bits per heavy atom. The second-order valence-corrected chi connectivity index (χ2v) is 0.289. The number of nitrogens with one attached hydrogen (secondary N) is 1. The minimum absolute atomic E-state index is 0. The van der Waals surface area contributed by atoms with Crippen molar-refractivity contribution in [3.8, 4) is 0 Å². The van der Waals surface area contributed by atoms with Crippen LogP contribution in [0.3, 0.4) is 0 Å². The Hall–Kier alpha value is -0.120. The molecule has 0 amide bonds. The molecule has 0 bridgehead atoms. The van der Waals surface area contributed by atoms with Crippen molar-refractivity contribution < 1.29 is 5.48 Å². The van der Waals surface area contributed by atoms with E-state index < -0.39 is 0 Å². The summed E-state index contributed by atoms with van der Waals surface area (Å²) < 4.78 is 0. The van der Waals surface area contributed by atoms with Crippen LogP contribution in [-0.2, 0) is 5.48 Å². The van der Waals surface area contributed by atoms with Gasteiger partial charge < -0.3 is 0 Å². The fraction of sp³-hybridized carbons (Fsp3) is 1.00. The predicted molar refractivity (Wildman–Crippen MR) is 13.9 cm³/mol. The zero-order valence-electron chi connectivity index (χ0n) is 2.49. The number of hydrogen-bond acceptors (Lipinski definition) is 2. The molecule has 0 unspecified atom stereocenters. The average molecular weight is 62.1 g/mol. The van der Waals surface area contributed by atoms with E-state index in [1.807, 2.05) is 0 Å². The smallest absolute Gasteiger partial charge is 0 e. The van der Waals surface area contributed by atoms with Gasteiger partial charge in [0.1, 0.15) is 0 Å². The molecule has 0 aromatic rings. The summed E-state index contributed by atoms with van der Waals surface area (Å²) in [5.74, 6) is 4.60. The van der Waals surface area contributed by atoms with E-state index in [0.29, 0.717) is 0 Å². The van der Waals surface area contributed by atoms with Gasteiger partial charge in [-0.15, -0.1) is 0 Å². The molecule has 26 valence electrons. The van der Waals surface area contributed by atoms with Crippen molar-refractivity contribution in [1.82, 2.24) is 5.43 Å². The molecule has 0 aliphatic rings. The molecule has 0 aromatic carbocycles. The Balaban J connectivity index is 0. The summed E-state index contributed by atoms with van der Waals surface area (Å²) in [6.07, 6.45) is 0. The maximum Gasteiger partial charge on any atom is 0 e. The van der Waals surface area contributed by atoms with Gasteiger partial charge in [-0.25, -0.2) is 0 Å². The van der Waals surface area contributed by atoms with Gasteiger partial charge in [0.2, 0.25) is 0 Å². The second kappa shape index (κ2) is 13.1. The maximum absolute atomic E-state index is 4.60. The SMILES string of the molecule is CNN.[O]. The van der Waals surface area contributed by atoms with Crippen molar-refractivity contribution >= 4 is 0 Å². The molecule has 0 heterocycles. The molecule has 0 aliphatic carbocycles. The second-order valence-electron chi connectivity index (χ2n) is 0.289. The highest BCUT2D eigenvalue weighted by molar-refractivity contribution is 3.79. The molecular formula is CH6N2O. The van der Waals surface area contributed by atoms with Gasteiger partial charge in [-0.1, -0.05) is 0 Å². The summed E-state index contributed by atoms with van der Waals surface area (Å²) in [6.45, 7) is 0. The Labute approximate surface area is 25.1 Å². The molecule has 4 heavy (non-hydrogen) atoms. The minimum atomic E-state index is 0. The minimum Gasteiger partial charge on any atom is -0.272 e. The highest BCUT2D eigenvalue weighted by atomic mass is 16.0. The standard InChI is InChI=1S/CH6N2.O/c1-3-2;/h3H,2H2,1H3;. The summed E-state index contributed by atoms with van der Waals surface area (Å²) >= 11 is 0. The van der Waals surface area contributed by atoms with Crippen molar-refractivity contribution in [1.29, 1.82) is 0 Å². The molecule has 0 rings (SSSR count). The lowest BCUT2D eigenvalue weighted by atomic mass is 11.5. The van der Waals surface area contributed by atoms with Gasteiger partial charge in [0, 0.05) is 5.48 Å². The molecule has 0 aromatic heterocycles. The van der Waals surface area contributed by atoms with Crippen LogP contribution in [-0.4, -0.2) is 7.05 Å². The lowest BCUT2D eigenvalue weighted by molar-refractivity contribution is 0.686. The van der Waals surface area contributed by atoms with Crippen molar-refractivity contribution in [3.05, 3.63) is 0 Å². The highest BCUT2D eigenvalue weighted by Gasteiger charge is 1.22. The van der Waals surface area contributed by atoms with E-state index in [0.717, 1.165) is 0 Å². The first-order chi connectivity index (χ1) is 1.41. The normalized spacial score (nSPS) is 4.50. The van der Waals surface area contributed by atoms with Crippen LogP contribution in [0.15, 0.2) is 0 Å². The first kappa shape index (κ1) is 9.11. The van der Waals surface area contributed by atoms with Crippen LogP contribution >= 0.6 is 0 Å². The summed E-state index contributed by atoms with van der Waals surface area (Å²) in [5, 5.41) is 0. The van der Waals surface area contributed by atoms with Crippen LogP contribution in [0.1, 0.15) is 0 Å². The number of hydrazine groups is 1. The first-order valence-corrected chi connectivity index (χ1v) is 0.789. The van der Waals surface area contributed by atoms with E-state index >= 15 is 0 Å². The first-order valence-electron chi connectivity index (χ1n) is 0.789. The fourth-order valence-corrected chi connectivity index (χ4v) is 0. The average Bonchev–Trinajstić information content (AvgIpc) is 0.918. The van der Waals surface area contributed by atoms with Gasteiger partial charge in [-0.05, 0) is 7.05 Å². The van der Waals surface area contributed by atoms with E-state index in [2.05, 4.69) is 11.3 Å². The molecule has 3 N–H and O–H groups in total. The molecule has 0 fully saturated rings. The maximum atomic E-state index is 4.60. The van der Waals surface area contributed by atoms with Gasteiger partial charge in [0.25, 0.3) is 0 Å². The largest absolute Gasteiger partial charge is 0.272 e. The van der Waals surface area contributed by atoms with Crippen LogP contribution in [0.5, 0.6) is 0 Å². The van der Waals surface area contributed by atoms with Crippen molar-refractivity contribution in [2.45, 2.75) is 0 Å². The van der Waals surface area contributed by atoms with E-state index in [-0.39, 0.29) is 5.48 Å². The molecule has 0 atom stereocenters. The van der Waals surface area contributed by atoms with Gasteiger partial charge in [0.05, 0.1) is 0 Å². The quantitative estimate of drug-likeness (QED) is 0.278. The molecule has 0 spiro atoms. The molecule has 3 nitrogen and oxygen atoms in total. The van der Waals surface area contributed by atoms with Gasteiger partial charge in [0.15, 0.2) is 0 Å². The van der Waals surface area contributed by atoms with Crippen LogP contribution in [0.2, 0.25) is 0 Å². The summed E-state index contributed by atoms with van der Waals surface area (Å²) in [6, 6.07) is 0. The van der Waals surface area contributed by atoms with Crippen LogP contribution < -0.4 is 11.3 Å². The van der Waals surface area contributed by atoms with E-state index in [9.17, 15) is 0 Å². The molecule has 0 aliphatic heterocycles. The van der Waals surface area contributed by atoms with Gasteiger partial charge in [-0.3, -0.25) is 11.3 Å². The third-order valence-corrected chi connectivity index (χ3v) is 0. The predicted octanol–water partition coefficient (Wildman–Crippen LogP) is -1.04. The van der Waals surface area contributed by atoms with Crippen LogP contribution in [0, 0.1) is 0 Å². The van der Waals surface area contributed by atoms with E-state index in [4.69, 9.17) is 0 Å².